The van der Waals surface area contributed by atoms with Gasteiger partial charge in [0.15, 0.2) is 0 Å². The molecule has 0 aliphatic carbocycles. The van der Waals surface area contributed by atoms with E-state index >= 15 is 0 Å². The summed E-state index contributed by atoms with van der Waals surface area (Å²) in [6, 6.07) is 14.3. The molecular formula is C23H29N3O2. The molecule has 0 unspecified atom stereocenters. The smallest absolute Gasteiger partial charge is 0.238 e. The molecule has 0 N–H and O–H groups in total. The van der Waals surface area contributed by atoms with Crippen molar-refractivity contribution in [2.24, 2.45) is 5.92 Å². The summed E-state index contributed by atoms with van der Waals surface area (Å²) in [6.45, 7) is 8.15. The van der Waals surface area contributed by atoms with Gasteiger partial charge < -0.3 is 9.64 Å². The van der Waals surface area contributed by atoms with Gasteiger partial charge in [0.05, 0.1) is 13.2 Å². The SMILES string of the molecule is CCN1C[C@@H](CCN2CCOCC2)[C@@](c2ccccc2)(c2cccnc2)C1=O. The third kappa shape index (κ3) is 3.33. The lowest BCUT2D eigenvalue weighted by Gasteiger charge is -2.35. The van der Waals surface area contributed by atoms with E-state index < -0.39 is 5.41 Å². The van der Waals surface area contributed by atoms with Gasteiger partial charge in [0, 0.05) is 44.5 Å². The monoisotopic (exact) mass is 379 g/mol. The zero-order chi connectivity index (χ0) is 19.4. The maximum Gasteiger partial charge on any atom is 0.238 e. The summed E-state index contributed by atoms with van der Waals surface area (Å²) in [5.41, 5.74) is 1.43. The molecule has 1 aromatic heterocycles. The molecule has 2 aromatic rings. The van der Waals surface area contributed by atoms with E-state index in [0.717, 1.165) is 63.5 Å². The first kappa shape index (κ1) is 19.1. The van der Waals surface area contributed by atoms with E-state index in [1.165, 1.54) is 0 Å². The van der Waals surface area contributed by atoms with Crippen LogP contribution in [0.25, 0.3) is 0 Å². The molecule has 28 heavy (non-hydrogen) atoms. The van der Waals surface area contributed by atoms with Gasteiger partial charge in [0.2, 0.25) is 5.91 Å². The van der Waals surface area contributed by atoms with Crippen LogP contribution in [-0.4, -0.2) is 66.6 Å². The predicted octanol–water partition coefficient (Wildman–Crippen LogP) is 2.57. The Labute approximate surface area is 167 Å². The number of rotatable bonds is 6. The van der Waals surface area contributed by atoms with Gasteiger partial charge in [-0.2, -0.15) is 0 Å². The van der Waals surface area contributed by atoms with Crippen LogP contribution in [0.5, 0.6) is 0 Å². The van der Waals surface area contributed by atoms with Crippen molar-refractivity contribution in [3.8, 4) is 0 Å². The number of likely N-dealkylation sites (N-methyl/N-ethyl adjacent to an activating group) is 1. The van der Waals surface area contributed by atoms with E-state index in [9.17, 15) is 4.79 Å². The topological polar surface area (TPSA) is 45.7 Å². The van der Waals surface area contributed by atoms with E-state index in [-0.39, 0.29) is 11.8 Å². The van der Waals surface area contributed by atoms with Crippen molar-refractivity contribution in [3.63, 3.8) is 0 Å². The molecule has 0 spiro atoms. The first-order valence-electron chi connectivity index (χ1n) is 10.3. The number of benzene rings is 1. The second-order valence-electron chi connectivity index (χ2n) is 7.70. The van der Waals surface area contributed by atoms with E-state index in [1.807, 2.05) is 35.4 Å². The Morgan fingerprint density at radius 2 is 1.86 bits per heavy atom. The Morgan fingerprint density at radius 3 is 2.54 bits per heavy atom. The van der Waals surface area contributed by atoms with Crippen LogP contribution in [-0.2, 0) is 14.9 Å². The number of morpholine rings is 1. The zero-order valence-electron chi connectivity index (χ0n) is 16.6. The van der Waals surface area contributed by atoms with Gasteiger partial charge in [-0.3, -0.25) is 14.7 Å². The molecule has 2 atom stereocenters. The maximum absolute atomic E-state index is 13.8. The Balaban J connectivity index is 1.74. The van der Waals surface area contributed by atoms with Crippen LogP contribution in [0, 0.1) is 5.92 Å². The van der Waals surface area contributed by atoms with Crippen LogP contribution >= 0.6 is 0 Å². The number of likely N-dealkylation sites (tertiary alicyclic amines) is 1. The average molecular weight is 380 g/mol. The zero-order valence-corrected chi connectivity index (χ0v) is 16.6. The highest BCUT2D eigenvalue weighted by Gasteiger charge is 2.55. The van der Waals surface area contributed by atoms with Gasteiger partial charge >= 0.3 is 0 Å². The predicted molar refractivity (Wildman–Crippen MR) is 109 cm³/mol. The highest BCUT2D eigenvalue weighted by atomic mass is 16.5. The number of ether oxygens (including phenoxy) is 1. The lowest BCUT2D eigenvalue weighted by molar-refractivity contribution is -0.131. The van der Waals surface area contributed by atoms with Gasteiger partial charge in [-0.1, -0.05) is 36.4 Å². The molecule has 5 nitrogen and oxygen atoms in total. The van der Waals surface area contributed by atoms with Crippen LogP contribution in [0.3, 0.4) is 0 Å². The molecule has 3 heterocycles. The number of carbonyl (C=O) groups excluding carboxylic acids is 1. The van der Waals surface area contributed by atoms with Gasteiger partial charge in [-0.05, 0) is 37.1 Å². The maximum atomic E-state index is 13.8. The number of carbonyl (C=O) groups is 1. The standard InChI is InChI=1S/C23H29N3O2/c1-2-26-18-21(10-12-25-13-15-28-16-14-25)23(22(26)27,19-7-4-3-5-8-19)20-9-6-11-24-17-20/h3-9,11,17,21H,2,10,12-16,18H2,1H3/t21-,23-/m1/s1. The second kappa shape index (κ2) is 8.41. The summed E-state index contributed by atoms with van der Waals surface area (Å²) in [7, 11) is 0. The molecule has 1 aromatic carbocycles. The molecule has 5 heteroatoms. The van der Waals surface area contributed by atoms with Crippen molar-refractivity contribution < 1.29 is 9.53 Å². The highest BCUT2D eigenvalue weighted by Crippen LogP contribution is 2.47. The van der Waals surface area contributed by atoms with Crippen molar-refractivity contribution in [2.45, 2.75) is 18.8 Å². The summed E-state index contributed by atoms with van der Waals surface area (Å²) >= 11 is 0. The summed E-state index contributed by atoms with van der Waals surface area (Å²) in [4.78, 5) is 22.6. The van der Waals surface area contributed by atoms with Crippen molar-refractivity contribution in [2.75, 3.05) is 45.9 Å². The average Bonchev–Trinajstić information content (AvgIpc) is 3.06. The molecule has 4 rings (SSSR count). The van der Waals surface area contributed by atoms with Crippen molar-refractivity contribution in [3.05, 3.63) is 66.0 Å². The minimum Gasteiger partial charge on any atom is -0.379 e. The molecule has 0 radical (unpaired) electrons. The first-order valence-corrected chi connectivity index (χ1v) is 10.3. The molecule has 2 aliphatic heterocycles. The lowest BCUT2D eigenvalue weighted by Crippen LogP contribution is -2.44. The Bertz CT molecular complexity index is 735. The number of aromatic nitrogens is 1. The molecule has 1 amide bonds. The van der Waals surface area contributed by atoms with E-state index in [1.54, 1.807) is 6.20 Å². The van der Waals surface area contributed by atoms with Crippen LogP contribution < -0.4 is 0 Å². The summed E-state index contributed by atoms with van der Waals surface area (Å²) < 4.78 is 5.49. The third-order valence-electron chi connectivity index (χ3n) is 6.30. The highest BCUT2D eigenvalue weighted by molar-refractivity contribution is 5.94. The molecule has 0 bridgehead atoms. The number of hydrogen-bond acceptors (Lipinski definition) is 4. The van der Waals surface area contributed by atoms with Gasteiger partial charge in [0.25, 0.3) is 0 Å². The lowest BCUT2D eigenvalue weighted by atomic mass is 9.66. The van der Waals surface area contributed by atoms with Crippen molar-refractivity contribution in [1.29, 1.82) is 0 Å². The number of pyridine rings is 1. The Morgan fingerprint density at radius 1 is 1.11 bits per heavy atom. The van der Waals surface area contributed by atoms with Crippen LogP contribution in [0.15, 0.2) is 54.9 Å². The van der Waals surface area contributed by atoms with Crippen LogP contribution in [0.4, 0.5) is 0 Å². The molecule has 2 fully saturated rings. The van der Waals surface area contributed by atoms with Gasteiger partial charge in [-0.25, -0.2) is 0 Å². The van der Waals surface area contributed by atoms with Crippen molar-refractivity contribution in [1.82, 2.24) is 14.8 Å². The van der Waals surface area contributed by atoms with E-state index in [2.05, 4.69) is 35.0 Å². The minimum atomic E-state index is -0.655. The summed E-state index contributed by atoms with van der Waals surface area (Å²) in [5, 5.41) is 0. The fourth-order valence-electron chi connectivity index (χ4n) is 4.84. The summed E-state index contributed by atoms with van der Waals surface area (Å²) in [5.74, 6) is 0.426. The number of amides is 1. The largest absolute Gasteiger partial charge is 0.379 e. The fraction of sp³-hybridized carbons (Fsp3) is 0.478. The normalized spacial score (nSPS) is 26.0. The molecular weight excluding hydrogens is 350 g/mol. The van der Waals surface area contributed by atoms with Crippen LogP contribution in [0.1, 0.15) is 24.5 Å². The number of nitrogens with zero attached hydrogens (tertiary/aromatic N) is 3. The molecule has 2 saturated heterocycles. The quantitative estimate of drug-likeness (QED) is 0.774. The van der Waals surface area contributed by atoms with Crippen LogP contribution in [0.2, 0.25) is 0 Å². The van der Waals surface area contributed by atoms with E-state index in [4.69, 9.17) is 4.74 Å². The number of hydrogen-bond donors (Lipinski definition) is 0. The molecule has 148 valence electrons. The Hall–Kier alpha value is -2.24. The molecule has 0 saturated carbocycles. The fourth-order valence-corrected chi connectivity index (χ4v) is 4.84. The third-order valence-corrected chi connectivity index (χ3v) is 6.30. The second-order valence-corrected chi connectivity index (χ2v) is 7.70. The first-order chi connectivity index (χ1) is 13.8. The summed E-state index contributed by atoms with van der Waals surface area (Å²) in [6.07, 6.45) is 4.64. The van der Waals surface area contributed by atoms with Gasteiger partial charge in [0.1, 0.15) is 5.41 Å². The van der Waals surface area contributed by atoms with Gasteiger partial charge in [-0.15, -0.1) is 0 Å². The molecule has 2 aliphatic rings. The Kier molecular flexibility index (Phi) is 5.74. The minimum absolute atomic E-state index is 0.209. The van der Waals surface area contributed by atoms with E-state index in [0.29, 0.717) is 0 Å². The van der Waals surface area contributed by atoms with Crippen molar-refractivity contribution >= 4 is 5.91 Å².